The lowest BCUT2D eigenvalue weighted by atomic mass is 9.84. The number of hydrogen-bond acceptors (Lipinski definition) is 5. The minimum Gasteiger partial charge on any atom is -0.370 e. The number of aliphatic imine (C=N–C) groups is 1. The van der Waals surface area contributed by atoms with Crippen molar-refractivity contribution in [3.05, 3.63) is 70.8 Å². The molecule has 0 radical (unpaired) electrons. The lowest BCUT2D eigenvalue weighted by Crippen LogP contribution is -2.52. The molecular weight excluding hydrogens is 741 g/mol. The molecule has 2 saturated heterocycles. The quantitative estimate of drug-likeness (QED) is 0.187. The molecule has 0 aromatic heterocycles. The van der Waals surface area contributed by atoms with E-state index in [2.05, 4.69) is 44.0 Å². The third kappa shape index (κ3) is 10.6. The molecule has 0 amide bonds. The lowest BCUT2D eigenvalue weighted by Gasteiger charge is -2.39. The minimum absolute atomic E-state index is 0.00512. The van der Waals surface area contributed by atoms with Gasteiger partial charge in [0.15, 0.2) is 11.9 Å². The van der Waals surface area contributed by atoms with Gasteiger partial charge in [0, 0.05) is 44.3 Å². The van der Waals surface area contributed by atoms with E-state index in [0.717, 1.165) is 76.7 Å². The summed E-state index contributed by atoms with van der Waals surface area (Å²) in [4.78, 5) is 13.9. The summed E-state index contributed by atoms with van der Waals surface area (Å²) in [5, 5.41) is 9.71. The van der Waals surface area contributed by atoms with Crippen LogP contribution in [0.4, 0.5) is 26.3 Å². The number of benzene rings is 2. The zero-order valence-corrected chi connectivity index (χ0v) is 33.2. The SMILES string of the molecule is N=C1N(CCc2cc(C(F)(F)F)cc(C(F)(F)F)c2)[C@@H](CC2CCCCC2)CN1[C@H](CC1CCCCC1)CN1CCCC1CN1C(N)=NC[C@@H]1Cc1ccccc1. The number of nitrogens with zero attached hydrogens (tertiary/aromatic N) is 5. The van der Waals surface area contributed by atoms with Crippen LogP contribution >= 0.6 is 0 Å². The van der Waals surface area contributed by atoms with Crippen LogP contribution in [0.5, 0.6) is 0 Å². The molecule has 2 aliphatic carbocycles. The van der Waals surface area contributed by atoms with Gasteiger partial charge in [-0.25, -0.2) is 0 Å². The molecule has 4 atom stereocenters. The normalized spacial score (nSPS) is 25.2. The van der Waals surface area contributed by atoms with E-state index in [9.17, 15) is 31.8 Å². The molecule has 7 rings (SSSR count). The molecule has 3 aliphatic heterocycles. The van der Waals surface area contributed by atoms with E-state index in [1.54, 1.807) is 0 Å². The summed E-state index contributed by atoms with van der Waals surface area (Å²) >= 11 is 0. The number of nitrogens with two attached hydrogens (primary N) is 1. The first-order valence-electron chi connectivity index (χ1n) is 21.6. The molecule has 0 spiro atoms. The molecule has 0 bridgehead atoms. The number of likely N-dealkylation sites (tertiary alicyclic amines) is 1. The maximum Gasteiger partial charge on any atom is 0.416 e. The Balaban J connectivity index is 1.11. The van der Waals surface area contributed by atoms with Crippen molar-refractivity contribution in [2.45, 2.75) is 139 Å². The molecule has 5 aliphatic rings. The highest BCUT2D eigenvalue weighted by Gasteiger charge is 2.43. The molecule has 1 unspecified atom stereocenters. The number of alkyl halides is 6. The van der Waals surface area contributed by atoms with Crippen molar-refractivity contribution in [3.8, 4) is 0 Å². The molecule has 2 aromatic carbocycles. The van der Waals surface area contributed by atoms with Gasteiger partial charge >= 0.3 is 12.4 Å². The molecule has 2 aromatic rings. The Labute approximate surface area is 334 Å². The van der Waals surface area contributed by atoms with E-state index in [4.69, 9.17) is 5.73 Å². The van der Waals surface area contributed by atoms with Crippen molar-refractivity contribution in [2.24, 2.45) is 22.6 Å². The van der Waals surface area contributed by atoms with E-state index in [1.807, 2.05) is 11.0 Å². The summed E-state index contributed by atoms with van der Waals surface area (Å²) in [6.45, 7) is 4.11. The van der Waals surface area contributed by atoms with Crippen molar-refractivity contribution in [2.75, 3.05) is 39.3 Å². The second-order valence-electron chi connectivity index (χ2n) is 17.6. The molecular formula is C44H61F6N7. The number of guanidine groups is 2. The van der Waals surface area contributed by atoms with Crippen LogP contribution in [0.25, 0.3) is 0 Å². The van der Waals surface area contributed by atoms with Gasteiger partial charge in [-0.2, -0.15) is 26.3 Å². The van der Waals surface area contributed by atoms with E-state index < -0.39 is 23.5 Å². The highest BCUT2D eigenvalue weighted by Crippen LogP contribution is 2.38. The van der Waals surface area contributed by atoms with Gasteiger partial charge in [-0.1, -0.05) is 94.5 Å². The van der Waals surface area contributed by atoms with Gasteiger partial charge in [0.2, 0.25) is 0 Å². The predicted molar refractivity (Wildman–Crippen MR) is 213 cm³/mol. The Bertz CT molecular complexity index is 1620. The molecule has 2 saturated carbocycles. The topological polar surface area (TPSA) is 75.2 Å². The number of hydrogen-bond donors (Lipinski definition) is 2. The molecule has 13 heteroatoms. The van der Waals surface area contributed by atoms with Crippen LogP contribution in [-0.4, -0.2) is 95.0 Å². The van der Waals surface area contributed by atoms with Crippen molar-refractivity contribution in [3.63, 3.8) is 0 Å². The largest absolute Gasteiger partial charge is 0.416 e. The Kier molecular flexibility index (Phi) is 13.3. The van der Waals surface area contributed by atoms with Crippen LogP contribution in [0.3, 0.4) is 0 Å². The summed E-state index contributed by atoms with van der Waals surface area (Å²) in [6, 6.07) is 12.9. The third-order valence-electron chi connectivity index (χ3n) is 13.6. The van der Waals surface area contributed by atoms with Gasteiger partial charge in [-0.3, -0.25) is 15.3 Å². The molecule has 314 valence electrons. The fourth-order valence-corrected chi connectivity index (χ4v) is 10.6. The zero-order valence-electron chi connectivity index (χ0n) is 33.2. The lowest BCUT2D eigenvalue weighted by molar-refractivity contribution is -0.143. The average molecular weight is 802 g/mol. The van der Waals surface area contributed by atoms with Crippen molar-refractivity contribution < 1.29 is 26.3 Å². The molecule has 57 heavy (non-hydrogen) atoms. The molecule has 3 heterocycles. The van der Waals surface area contributed by atoms with E-state index in [1.165, 1.54) is 56.9 Å². The van der Waals surface area contributed by atoms with Gasteiger partial charge in [0.25, 0.3) is 0 Å². The number of rotatable bonds is 14. The summed E-state index contributed by atoms with van der Waals surface area (Å²) in [5.74, 6) is 2.04. The first-order valence-corrected chi connectivity index (χ1v) is 21.6. The van der Waals surface area contributed by atoms with Crippen LogP contribution in [0.15, 0.2) is 53.5 Å². The molecule has 7 nitrogen and oxygen atoms in total. The summed E-state index contributed by atoms with van der Waals surface area (Å²) in [7, 11) is 0. The standard InChI is InChI=1S/C44H61F6N7/c45-43(46,47)35-21-34(22-36(26-35)44(48,49)50)18-20-55-40(25-33-15-8-3-9-16-33)30-57(42(55)52)39(24-32-13-6-2-7-14-32)28-54-19-10-17-37(54)29-56-38(27-53-41(56)51)23-31-11-4-1-5-12-31/h1,4-5,11-12,21-22,26,32-33,37-40,52H,2-3,6-10,13-20,23-25,27-30H2,(H2,51,53)/t37?,38-,39+,40-/m0/s1. The summed E-state index contributed by atoms with van der Waals surface area (Å²) in [5.41, 5.74) is 5.22. The summed E-state index contributed by atoms with van der Waals surface area (Å²) < 4.78 is 82.8. The Hall–Kier alpha value is -3.48. The fraction of sp³-hybridized carbons (Fsp3) is 0.682. The average Bonchev–Trinajstić information content (AvgIpc) is 3.87. The van der Waals surface area contributed by atoms with Crippen LogP contribution in [0, 0.1) is 17.2 Å². The second-order valence-corrected chi connectivity index (χ2v) is 17.6. The number of halogens is 6. The van der Waals surface area contributed by atoms with Gasteiger partial charge in [-0.15, -0.1) is 0 Å². The fourth-order valence-electron chi connectivity index (χ4n) is 10.6. The maximum atomic E-state index is 13.8. The molecule has 4 fully saturated rings. The van der Waals surface area contributed by atoms with Gasteiger partial charge in [-0.05, 0) is 86.2 Å². The van der Waals surface area contributed by atoms with Crippen LogP contribution in [0.1, 0.15) is 112 Å². The highest BCUT2D eigenvalue weighted by molar-refractivity contribution is 5.80. The predicted octanol–water partition coefficient (Wildman–Crippen LogP) is 9.20. The first kappa shape index (κ1) is 41.7. The van der Waals surface area contributed by atoms with Crippen LogP contribution in [0.2, 0.25) is 0 Å². The van der Waals surface area contributed by atoms with Gasteiger partial charge in [0.1, 0.15) is 0 Å². The first-order chi connectivity index (χ1) is 27.3. The second kappa shape index (κ2) is 18.2. The monoisotopic (exact) mass is 801 g/mol. The Morgan fingerprint density at radius 3 is 2.04 bits per heavy atom. The maximum absolute atomic E-state index is 13.8. The number of nitrogens with one attached hydrogen (secondary N) is 1. The van der Waals surface area contributed by atoms with Crippen molar-refractivity contribution >= 4 is 11.9 Å². The third-order valence-corrected chi connectivity index (χ3v) is 13.6. The summed E-state index contributed by atoms with van der Waals surface area (Å²) in [6.07, 6.45) is 6.90. The minimum atomic E-state index is -4.90. The Morgan fingerprint density at radius 2 is 1.39 bits per heavy atom. The molecule has 3 N–H and O–H groups in total. The van der Waals surface area contributed by atoms with E-state index >= 15 is 0 Å². The van der Waals surface area contributed by atoms with Gasteiger partial charge in [0.05, 0.1) is 23.7 Å². The van der Waals surface area contributed by atoms with Crippen LogP contribution in [-0.2, 0) is 25.2 Å². The van der Waals surface area contributed by atoms with Crippen LogP contribution < -0.4 is 5.73 Å². The smallest absolute Gasteiger partial charge is 0.370 e. The van der Waals surface area contributed by atoms with Crippen molar-refractivity contribution in [1.82, 2.24) is 19.6 Å². The zero-order chi connectivity index (χ0) is 40.2. The van der Waals surface area contributed by atoms with Gasteiger partial charge < -0.3 is 20.4 Å². The van der Waals surface area contributed by atoms with Crippen molar-refractivity contribution in [1.29, 1.82) is 5.41 Å². The Morgan fingerprint density at radius 1 is 0.737 bits per heavy atom. The van der Waals surface area contributed by atoms with E-state index in [-0.39, 0.29) is 42.7 Å². The highest BCUT2D eigenvalue weighted by atomic mass is 19.4. The van der Waals surface area contributed by atoms with E-state index in [0.29, 0.717) is 42.9 Å².